The molecule has 10 heteroatoms. The Morgan fingerprint density at radius 1 is 0.980 bits per heavy atom. The number of anilines is 1. The van der Waals surface area contributed by atoms with Crippen LogP contribution in [0.4, 0.5) is 10.6 Å². The molecule has 2 heterocycles. The molecular weight excluding hydrogens is 630 g/mol. The van der Waals surface area contributed by atoms with Crippen LogP contribution in [-0.2, 0) is 15.7 Å². The van der Waals surface area contributed by atoms with E-state index in [0.29, 0.717) is 38.0 Å². The van der Waals surface area contributed by atoms with Crippen molar-refractivity contribution in [2.24, 2.45) is 11.3 Å². The molecule has 10 nitrogen and oxygen atoms in total. The van der Waals surface area contributed by atoms with Crippen molar-refractivity contribution in [1.29, 1.82) is 0 Å². The van der Waals surface area contributed by atoms with Gasteiger partial charge in [0.1, 0.15) is 11.6 Å². The Bertz CT molecular complexity index is 1680. The summed E-state index contributed by atoms with van der Waals surface area (Å²) in [5, 5.41) is 23.9. The smallest absolute Gasteiger partial charge is 0.407 e. The third kappa shape index (κ3) is 6.40. The number of aryl methyl sites for hydroxylation is 1. The molecule has 1 aromatic carbocycles. The van der Waals surface area contributed by atoms with Gasteiger partial charge < -0.3 is 19.8 Å². The Labute approximate surface area is 295 Å². The van der Waals surface area contributed by atoms with E-state index in [1.54, 1.807) is 7.11 Å². The van der Waals surface area contributed by atoms with Crippen molar-refractivity contribution in [3.63, 3.8) is 0 Å². The molecule has 5 aliphatic carbocycles. The van der Waals surface area contributed by atoms with Crippen LogP contribution in [0, 0.1) is 18.3 Å². The highest BCUT2D eigenvalue weighted by Gasteiger charge is 2.51. The minimum atomic E-state index is -1.01. The first kappa shape index (κ1) is 34.5. The molecule has 5 aliphatic rings. The molecule has 2 aromatic heterocycles. The first-order chi connectivity index (χ1) is 24.1. The lowest BCUT2D eigenvalue weighted by molar-refractivity contribution is -0.124. The zero-order valence-corrected chi connectivity index (χ0v) is 29.9. The third-order valence-electron chi connectivity index (χ3n) is 13.2. The second-order valence-corrected chi connectivity index (χ2v) is 16.0. The number of carbonyl (C=O) groups excluding carboxylic acids is 1. The van der Waals surface area contributed by atoms with E-state index in [4.69, 9.17) is 14.8 Å². The van der Waals surface area contributed by atoms with Gasteiger partial charge in [-0.1, -0.05) is 12.1 Å². The van der Waals surface area contributed by atoms with E-state index >= 15 is 0 Å². The summed E-state index contributed by atoms with van der Waals surface area (Å²) in [6.07, 6.45) is 17.3. The Balaban J connectivity index is 1.14. The molecule has 8 rings (SSSR count). The van der Waals surface area contributed by atoms with E-state index in [1.165, 1.54) is 22.4 Å². The number of rotatable bonds is 11. The number of carbonyl (C=O) groups is 2. The van der Waals surface area contributed by atoms with Crippen LogP contribution < -0.4 is 9.64 Å². The molecule has 3 aromatic rings. The molecule has 2 N–H and O–H groups in total. The Hall–Kier alpha value is -3.92. The summed E-state index contributed by atoms with van der Waals surface area (Å²) in [6, 6.07) is 10.6. The van der Waals surface area contributed by atoms with Gasteiger partial charge in [-0.15, -0.1) is 0 Å². The van der Waals surface area contributed by atoms with Gasteiger partial charge in [0.15, 0.2) is 0 Å². The second-order valence-electron chi connectivity index (χ2n) is 16.0. The van der Waals surface area contributed by atoms with Gasteiger partial charge in [0.25, 0.3) is 0 Å². The van der Waals surface area contributed by atoms with Crippen LogP contribution in [0.3, 0.4) is 0 Å². The summed E-state index contributed by atoms with van der Waals surface area (Å²) in [5.41, 5.74) is 4.89. The van der Waals surface area contributed by atoms with Crippen LogP contribution >= 0.6 is 0 Å². The topological polar surface area (TPSA) is 121 Å². The molecule has 268 valence electrons. The van der Waals surface area contributed by atoms with Crippen molar-refractivity contribution in [3.05, 3.63) is 60.0 Å². The van der Waals surface area contributed by atoms with Crippen molar-refractivity contribution in [3.8, 4) is 16.9 Å². The van der Waals surface area contributed by atoms with E-state index < -0.39 is 6.09 Å². The summed E-state index contributed by atoms with van der Waals surface area (Å²) < 4.78 is 7.65. The quantitative estimate of drug-likeness (QED) is 0.217. The molecule has 0 saturated heterocycles. The maximum absolute atomic E-state index is 14.7. The highest BCUT2D eigenvalue weighted by molar-refractivity contribution is 5.95. The number of hydrogen-bond acceptors (Lipinski definition) is 6. The van der Waals surface area contributed by atoms with Crippen LogP contribution in [0.25, 0.3) is 11.1 Å². The summed E-state index contributed by atoms with van der Waals surface area (Å²) >= 11 is 0. The molecule has 2 bridgehead atoms. The van der Waals surface area contributed by atoms with Crippen molar-refractivity contribution in [1.82, 2.24) is 19.7 Å². The van der Waals surface area contributed by atoms with Crippen molar-refractivity contribution >= 4 is 17.8 Å². The fourth-order valence-corrected chi connectivity index (χ4v) is 9.58. The van der Waals surface area contributed by atoms with Crippen LogP contribution in [0.15, 0.2) is 48.9 Å². The Kier molecular flexibility index (Phi) is 9.43. The van der Waals surface area contributed by atoms with Gasteiger partial charge in [0.05, 0.1) is 25.5 Å². The number of amides is 2. The van der Waals surface area contributed by atoms with Gasteiger partial charge in [0.2, 0.25) is 5.91 Å². The number of pyridine rings is 1. The molecule has 5 fully saturated rings. The lowest BCUT2D eigenvalue weighted by Crippen LogP contribution is -2.52. The maximum Gasteiger partial charge on any atom is 0.407 e. The zero-order valence-electron chi connectivity index (χ0n) is 29.9. The predicted molar refractivity (Wildman–Crippen MR) is 192 cm³/mol. The number of aliphatic hydroxyl groups excluding tert-OH is 1. The van der Waals surface area contributed by atoms with Crippen LogP contribution in [0.2, 0.25) is 0 Å². The molecule has 0 atom stereocenters. The summed E-state index contributed by atoms with van der Waals surface area (Å²) in [4.78, 5) is 34.7. The van der Waals surface area contributed by atoms with E-state index in [1.807, 2.05) is 23.4 Å². The molecule has 2 amide bonds. The molecule has 50 heavy (non-hydrogen) atoms. The normalized spacial score (nSPS) is 27.0. The third-order valence-corrected chi connectivity index (χ3v) is 13.2. The zero-order chi connectivity index (χ0) is 35.1. The van der Waals surface area contributed by atoms with Crippen molar-refractivity contribution < 1.29 is 24.5 Å². The molecule has 0 radical (unpaired) electrons. The lowest BCUT2D eigenvalue weighted by Gasteiger charge is -2.55. The van der Waals surface area contributed by atoms with Gasteiger partial charge in [0, 0.05) is 43.0 Å². The number of carboxylic acid groups (broad SMARTS) is 1. The first-order valence-corrected chi connectivity index (χ1v) is 18.7. The van der Waals surface area contributed by atoms with Gasteiger partial charge in [-0.3, -0.25) is 14.4 Å². The van der Waals surface area contributed by atoms with E-state index in [-0.39, 0.29) is 47.4 Å². The number of aliphatic hydroxyl groups is 1. The second kappa shape index (κ2) is 13.7. The number of aromatic nitrogens is 3. The molecular formula is C40H53N5O5. The molecule has 0 spiro atoms. The number of nitrogens with zero attached hydrogens (tertiary/aromatic N) is 5. The van der Waals surface area contributed by atoms with E-state index in [9.17, 15) is 19.8 Å². The summed E-state index contributed by atoms with van der Waals surface area (Å²) in [5.74, 6) is 1.51. The SMILES string of the molecule is COc1ccc(C23CCC(CN(C(=O)C4CCC(N(CCO)C(=O)O)CC4)c4cc(-c5cnn(C6(C)CCC6)c5)ccn4)(CC2)CC3)cc1C. The van der Waals surface area contributed by atoms with Crippen LogP contribution in [0.1, 0.15) is 102 Å². The maximum atomic E-state index is 14.7. The predicted octanol–water partition coefficient (Wildman–Crippen LogP) is 7.32. The minimum Gasteiger partial charge on any atom is -0.496 e. The van der Waals surface area contributed by atoms with E-state index in [0.717, 1.165) is 68.2 Å². The number of benzene rings is 1. The highest BCUT2D eigenvalue weighted by Crippen LogP contribution is 2.58. The van der Waals surface area contributed by atoms with Gasteiger partial charge in [-0.25, -0.2) is 9.78 Å². The summed E-state index contributed by atoms with van der Waals surface area (Å²) in [6.45, 7) is 4.91. The van der Waals surface area contributed by atoms with Crippen molar-refractivity contribution in [2.75, 3.05) is 31.7 Å². The highest BCUT2D eigenvalue weighted by atomic mass is 16.5. The van der Waals surface area contributed by atoms with Gasteiger partial charge >= 0.3 is 6.09 Å². The standard InChI is InChI=1S/C40H53N5O5/c1-28-23-32(7-10-34(28)50-3)40-17-14-39(15-18-40,16-19-40)27-44(36(47)29-5-8-33(9-6-29)43(21-22-46)37(48)49)35-24-30(11-20-41-35)31-25-42-45(26-31)38(2)12-4-13-38/h7,10-11,20,23-26,29,33,46H,4-6,8-9,12-19,21-22,27H2,1-3H3,(H,48,49). The fourth-order valence-electron chi connectivity index (χ4n) is 9.58. The Morgan fingerprint density at radius 2 is 1.70 bits per heavy atom. The Morgan fingerprint density at radius 3 is 2.30 bits per heavy atom. The summed E-state index contributed by atoms with van der Waals surface area (Å²) in [7, 11) is 1.73. The number of methoxy groups -OCH3 is 1. The average Bonchev–Trinajstić information content (AvgIpc) is 3.63. The minimum absolute atomic E-state index is 0.0265. The average molecular weight is 684 g/mol. The van der Waals surface area contributed by atoms with Gasteiger partial charge in [-0.2, -0.15) is 5.10 Å². The molecule has 5 saturated carbocycles. The van der Waals surface area contributed by atoms with E-state index in [2.05, 4.69) is 49.0 Å². The largest absolute Gasteiger partial charge is 0.496 e. The van der Waals surface area contributed by atoms with Gasteiger partial charge in [-0.05, 0) is 143 Å². The number of fused-ring (bicyclic) bond motifs is 3. The van der Waals surface area contributed by atoms with Crippen LogP contribution in [0.5, 0.6) is 5.75 Å². The number of hydrogen-bond donors (Lipinski definition) is 2. The van der Waals surface area contributed by atoms with Crippen molar-refractivity contribution in [2.45, 2.75) is 114 Å². The monoisotopic (exact) mass is 683 g/mol. The molecule has 0 unspecified atom stereocenters. The number of ether oxygens (including phenoxy) is 1. The molecule has 0 aliphatic heterocycles. The lowest BCUT2D eigenvalue weighted by atomic mass is 9.51. The van der Waals surface area contributed by atoms with Crippen LogP contribution in [-0.4, -0.2) is 74.7 Å². The fraction of sp³-hybridized carbons (Fsp3) is 0.600. The first-order valence-electron chi connectivity index (χ1n) is 18.7.